The third-order valence-electron chi connectivity index (χ3n) is 3.06. The number of nitrogens with one attached hydrogen (secondary N) is 2. The van der Waals surface area contributed by atoms with Crippen LogP contribution in [0.1, 0.15) is 27.7 Å². The Morgan fingerprint density at radius 2 is 1.76 bits per heavy atom. The number of anilines is 1. The minimum atomic E-state index is -3.64. The molecule has 1 atom stereocenters. The number of hydrogen-bond donors (Lipinski definition) is 3. The molecule has 1 amide bonds. The van der Waals surface area contributed by atoms with Gasteiger partial charge in [-0.1, -0.05) is 20.8 Å². The van der Waals surface area contributed by atoms with Crippen LogP contribution >= 0.6 is 0 Å². The Labute approximate surface area is 126 Å². The standard InChI is InChI=1S/C14H23N3O3S/c1-10(18)16-11-5-7-12(8-6-11)21(19,20)17-13(9-15)14(2,3)4/h5-8,13,17H,9,15H2,1-4H3,(H,16,18). The molecule has 0 aliphatic carbocycles. The SMILES string of the molecule is CC(=O)Nc1ccc(S(=O)(=O)NC(CN)C(C)(C)C)cc1. The fourth-order valence-corrected chi connectivity index (χ4v) is 3.21. The van der Waals surface area contributed by atoms with Crippen molar-refractivity contribution in [3.8, 4) is 0 Å². The highest BCUT2D eigenvalue weighted by Gasteiger charge is 2.28. The third kappa shape index (κ3) is 5.11. The Kier molecular flexibility index (Phi) is 5.49. The third-order valence-corrected chi connectivity index (χ3v) is 4.55. The largest absolute Gasteiger partial charge is 0.329 e. The molecule has 0 aliphatic rings. The van der Waals surface area contributed by atoms with Gasteiger partial charge in [-0.3, -0.25) is 4.79 Å². The number of hydrogen-bond acceptors (Lipinski definition) is 4. The molecular formula is C14H23N3O3S. The highest BCUT2D eigenvalue weighted by molar-refractivity contribution is 7.89. The molecule has 1 rings (SSSR count). The molecule has 6 nitrogen and oxygen atoms in total. The number of benzene rings is 1. The number of carbonyl (C=O) groups excluding carboxylic acids is 1. The van der Waals surface area contributed by atoms with E-state index in [4.69, 9.17) is 5.73 Å². The predicted octanol–water partition coefficient (Wildman–Crippen LogP) is 1.30. The predicted molar refractivity (Wildman–Crippen MR) is 83.4 cm³/mol. The first-order valence-electron chi connectivity index (χ1n) is 6.66. The van der Waals surface area contributed by atoms with E-state index in [2.05, 4.69) is 10.0 Å². The Morgan fingerprint density at radius 3 is 2.14 bits per heavy atom. The van der Waals surface area contributed by atoms with Crippen molar-refractivity contribution in [2.45, 2.75) is 38.6 Å². The monoisotopic (exact) mass is 313 g/mol. The number of carbonyl (C=O) groups is 1. The van der Waals surface area contributed by atoms with Crippen LogP contribution in [0.25, 0.3) is 0 Å². The van der Waals surface area contributed by atoms with E-state index in [0.29, 0.717) is 5.69 Å². The maximum Gasteiger partial charge on any atom is 0.240 e. The molecule has 0 spiro atoms. The van der Waals surface area contributed by atoms with Gasteiger partial charge in [0.15, 0.2) is 0 Å². The summed E-state index contributed by atoms with van der Waals surface area (Å²) >= 11 is 0. The van der Waals surface area contributed by atoms with Gasteiger partial charge < -0.3 is 11.1 Å². The topological polar surface area (TPSA) is 101 Å². The lowest BCUT2D eigenvalue weighted by Crippen LogP contribution is -2.48. The van der Waals surface area contributed by atoms with E-state index < -0.39 is 10.0 Å². The fourth-order valence-electron chi connectivity index (χ4n) is 1.75. The first kappa shape index (κ1) is 17.6. The lowest BCUT2D eigenvalue weighted by atomic mass is 9.88. The summed E-state index contributed by atoms with van der Waals surface area (Å²) in [7, 11) is -3.64. The molecule has 0 heterocycles. The van der Waals surface area contributed by atoms with Crippen molar-refractivity contribution < 1.29 is 13.2 Å². The van der Waals surface area contributed by atoms with Gasteiger partial charge in [-0.2, -0.15) is 0 Å². The summed E-state index contributed by atoms with van der Waals surface area (Å²) in [5.74, 6) is -0.209. The van der Waals surface area contributed by atoms with Gasteiger partial charge in [0.2, 0.25) is 15.9 Å². The first-order valence-corrected chi connectivity index (χ1v) is 8.14. The van der Waals surface area contributed by atoms with Gasteiger partial charge in [0.1, 0.15) is 0 Å². The quantitative estimate of drug-likeness (QED) is 0.762. The molecule has 0 saturated heterocycles. The Hall–Kier alpha value is -1.44. The maximum absolute atomic E-state index is 12.3. The molecule has 0 aliphatic heterocycles. The van der Waals surface area contributed by atoms with Crippen molar-refractivity contribution in [3.05, 3.63) is 24.3 Å². The molecular weight excluding hydrogens is 290 g/mol. The normalized spacial score (nSPS) is 13.8. The average molecular weight is 313 g/mol. The number of nitrogens with two attached hydrogens (primary N) is 1. The van der Waals surface area contributed by atoms with Crippen LogP contribution in [-0.4, -0.2) is 26.9 Å². The molecule has 7 heteroatoms. The van der Waals surface area contributed by atoms with Crippen molar-refractivity contribution in [1.82, 2.24) is 4.72 Å². The summed E-state index contributed by atoms with van der Waals surface area (Å²) in [6.45, 7) is 7.38. The lowest BCUT2D eigenvalue weighted by molar-refractivity contribution is -0.114. The van der Waals surface area contributed by atoms with Crippen molar-refractivity contribution in [2.24, 2.45) is 11.1 Å². The van der Waals surface area contributed by atoms with E-state index in [1.807, 2.05) is 20.8 Å². The van der Waals surface area contributed by atoms with Crippen LogP contribution in [0.2, 0.25) is 0 Å². The van der Waals surface area contributed by atoms with E-state index >= 15 is 0 Å². The zero-order valence-corrected chi connectivity index (χ0v) is 13.6. The fraction of sp³-hybridized carbons (Fsp3) is 0.500. The summed E-state index contributed by atoms with van der Waals surface area (Å²) < 4.78 is 27.3. The number of rotatable bonds is 5. The molecule has 0 bridgehead atoms. The van der Waals surface area contributed by atoms with Crippen LogP contribution in [0.3, 0.4) is 0 Å². The van der Waals surface area contributed by atoms with Gasteiger partial charge >= 0.3 is 0 Å². The molecule has 1 aromatic rings. The molecule has 21 heavy (non-hydrogen) atoms. The van der Waals surface area contributed by atoms with Crippen LogP contribution in [0.15, 0.2) is 29.2 Å². The molecule has 118 valence electrons. The molecule has 1 aromatic carbocycles. The number of amides is 1. The lowest BCUT2D eigenvalue weighted by Gasteiger charge is -2.30. The molecule has 0 fully saturated rings. The zero-order valence-electron chi connectivity index (χ0n) is 12.8. The van der Waals surface area contributed by atoms with Crippen LogP contribution in [0.4, 0.5) is 5.69 Å². The van der Waals surface area contributed by atoms with Gasteiger partial charge in [0, 0.05) is 25.2 Å². The van der Waals surface area contributed by atoms with Crippen LogP contribution in [-0.2, 0) is 14.8 Å². The van der Waals surface area contributed by atoms with Crippen LogP contribution < -0.4 is 15.8 Å². The molecule has 0 aromatic heterocycles. The molecule has 1 unspecified atom stereocenters. The van der Waals surface area contributed by atoms with E-state index in [1.54, 1.807) is 12.1 Å². The van der Waals surface area contributed by atoms with Gasteiger partial charge in [0.25, 0.3) is 0 Å². The number of sulfonamides is 1. The summed E-state index contributed by atoms with van der Waals surface area (Å²) in [5, 5.41) is 2.59. The van der Waals surface area contributed by atoms with Gasteiger partial charge in [0.05, 0.1) is 4.90 Å². The Bertz CT molecular complexity index is 589. The summed E-state index contributed by atoms with van der Waals surface area (Å²) in [4.78, 5) is 11.1. The van der Waals surface area contributed by atoms with Gasteiger partial charge in [-0.05, 0) is 29.7 Å². The van der Waals surface area contributed by atoms with Gasteiger partial charge in [-0.15, -0.1) is 0 Å². The van der Waals surface area contributed by atoms with E-state index in [0.717, 1.165) is 0 Å². The molecule has 4 N–H and O–H groups in total. The van der Waals surface area contributed by atoms with Crippen molar-refractivity contribution in [1.29, 1.82) is 0 Å². The Morgan fingerprint density at radius 1 is 1.24 bits per heavy atom. The summed E-state index contributed by atoms with van der Waals surface area (Å²) in [5.41, 5.74) is 5.92. The summed E-state index contributed by atoms with van der Waals surface area (Å²) in [6.07, 6.45) is 0. The molecule has 0 radical (unpaired) electrons. The smallest absolute Gasteiger partial charge is 0.240 e. The van der Waals surface area contributed by atoms with Crippen molar-refractivity contribution in [2.75, 3.05) is 11.9 Å². The minimum absolute atomic E-state index is 0.138. The van der Waals surface area contributed by atoms with Crippen LogP contribution in [0.5, 0.6) is 0 Å². The van der Waals surface area contributed by atoms with Gasteiger partial charge in [-0.25, -0.2) is 13.1 Å². The van der Waals surface area contributed by atoms with E-state index in [1.165, 1.54) is 19.1 Å². The second-order valence-electron chi connectivity index (χ2n) is 5.98. The minimum Gasteiger partial charge on any atom is -0.329 e. The van der Waals surface area contributed by atoms with Crippen molar-refractivity contribution in [3.63, 3.8) is 0 Å². The second-order valence-corrected chi connectivity index (χ2v) is 7.70. The Balaban J connectivity index is 2.95. The highest BCUT2D eigenvalue weighted by Crippen LogP contribution is 2.21. The van der Waals surface area contributed by atoms with E-state index in [-0.39, 0.29) is 28.8 Å². The highest BCUT2D eigenvalue weighted by atomic mass is 32.2. The van der Waals surface area contributed by atoms with Crippen molar-refractivity contribution >= 4 is 21.6 Å². The summed E-state index contributed by atoms with van der Waals surface area (Å²) in [6, 6.07) is 5.63. The average Bonchev–Trinajstić information content (AvgIpc) is 2.34. The van der Waals surface area contributed by atoms with E-state index in [9.17, 15) is 13.2 Å². The zero-order chi connectivity index (χ0) is 16.3. The molecule has 0 saturated carbocycles. The van der Waals surface area contributed by atoms with Crippen LogP contribution in [0, 0.1) is 5.41 Å². The first-order chi connectivity index (χ1) is 9.56. The second kappa shape index (κ2) is 6.55. The maximum atomic E-state index is 12.3.